The second-order valence-electron chi connectivity index (χ2n) is 6.44. The lowest BCUT2D eigenvalue weighted by molar-refractivity contribution is -0.143. The summed E-state index contributed by atoms with van der Waals surface area (Å²) in [5.41, 5.74) is 1.15. The van der Waals surface area contributed by atoms with Crippen molar-refractivity contribution in [2.24, 2.45) is 5.92 Å². The van der Waals surface area contributed by atoms with Crippen molar-refractivity contribution in [2.75, 3.05) is 18.4 Å². The number of nitrogens with one attached hydrogen (secondary N) is 1. The molecule has 1 heterocycles. The van der Waals surface area contributed by atoms with Gasteiger partial charge in [0.1, 0.15) is 0 Å². The molecule has 0 bridgehead atoms. The number of benzene rings is 2. The van der Waals surface area contributed by atoms with Crippen molar-refractivity contribution in [1.82, 2.24) is 4.90 Å². The number of rotatable bonds is 4. The number of aliphatic carboxylic acids is 1. The van der Waals surface area contributed by atoms with E-state index < -0.39 is 11.9 Å². The van der Waals surface area contributed by atoms with Gasteiger partial charge in [-0.15, -0.1) is 0 Å². The summed E-state index contributed by atoms with van der Waals surface area (Å²) in [6.45, 7) is 0.676. The summed E-state index contributed by atoms with van der Waals surface area (Å²) in [5.74, 6) is -2.09. The molecule has 1 atom stereocenters. The second-order valence-corrected chi connectivity index (χ2v) is 6.87. The lowest BCUT2D eigenvalue weighted by Crippen LogP contribution is -2.42. The molecule has 0 spiro atoms. The Hall–Kier alpha value is -2.86. The number of halogens is 1. The molecule has 27 heavy (non-hydrogen) atoms. The van der Waals surface area contributed by atoms with Crippen LogP contribution >= 0.6 is 11.6 Å². The number of carboxylic acids is 1. The van der Waals surface area contributed by atoms with E-state index in [1.54, 1.807) is 48.5 Å². The third-order valence-corrected chi connectivity index (χ3v) is 4.82. The predicted octanol–water partition coefficient (Wildman–Crippen LogP) is 3.53. The van der Waals surface area contributed by atoms with Crippen molar-refractivity contribution in [1.29, 1.82) is 0 Å². The average Bonchev–Trinajstić information content (AvgIpc) is 2.68. The van der Waals surface area contributed by atoms with Gasteiger partial charge in [-0.05, 0) is 49.2 Å². The smallest absolute Gasteiger partial charge is 0.308 e. The molecule has 1 saturated heterocycles. The number of para-hydroxylation sites is 1. The first-order valence-corrected chi connectivity index (χ1v) is 9.01. The molecule has 1 unspecified atom stereocenters. The summed E-state index contributed by atoms with van der Waals surface area (Å²) in [6, 6.07) is 13.2. The minimum atomic E-state index is -0.892. The Morgan fingerprint density at radius 1 is 1.07 bits per heavy atom. The summed E-state index contributed by atoms with van der Waals surface area (Å²) in [6.07, 6.45) is 1.20. The van der Waals surface area contributed by atoms with Crippen molar-refractivity contribution in [3.8, 4) is 0 Å². The van der Waals surface area contributed by atoms with Crippen LogP contribution in [0, 0.1) is 5.92 Å². The number of carbonyl (C=O) groups is 3. The molecule has 0 aliphatic carbocycles. The van der Waals surface area contributed by atoms with Gasteiger partial charge in [-0.3, -0.25) is 14.4 Å². The van der Waals surface area contributed by atoms with Crippen molar-refractivity contribution in [2.45, 2.75) is 12.8 Å². The molecule has 0 aromatic heterocycles. The Morgan fingerprint density at radius 3 is 2.48 bits per heavy atom. The average molecular weight is 387 g/mol. The van der Waals surface area contributed by atoms with Gasteiger partial charge in [-0.1, -0.05) is 23.7 Å². The molecular formula is C20H19ClN2O4. The summed E-state index contributed by atoms with van der Waals surface area (Å²) in [4.78, 5) is 38.2. The predicted molar refractivity (Wildman–Crippen MR) is 102 cm³/mol. The van der Waals surface area contributed by atoms with E-state index in [4.69, 9.17) is 11.6 Å². The molecule has 0 radical (unpaired) electrons. The van der Waals surface area contributed by atoms with Crippen molar-refractivity contribution >= 4 is 35.1 Å². The van der Waals surface area contributed by atoms with E-state index in [-0.39, 0.29) is 18.4 Å². The fourth-order valence-corrected chi connectivity index (χ4v) is 3.23. The number of hydrogen-bond donors (Lipinski definition) is 2. The Kier molecular flexibility index (Phi) is 5.76. The topological polar surface area (TPSA) is 86.7 Å². The zero-order chi connectivity index (χ0) is 19.4. The van der Waals surface area contributed by atoms with E-state index >= 15 is 0 Å². The van der Waals surface area contributed by atoms with Gasteiger partial charge in [-0.25, -0.2) is 0 Å². The molecule has 140 valence electrons. The molecule has 3 rings (SSSR count). The van der Waals surface area contributed by atoms with Gasteiger partial charge in [-0.2, -0.15) is 0 Å². The summed E-state index contributed by atoms with van der Waals surface area (Å²) in [7, 11) is 0. The Labute approximate surface area is 161 Å². The minimum Gasteiger partial charge on any atom is -0.481 e. The highest BCUT2D eigenvalue weighted by Gasteiger charge is 2.29. The number of carbonyl (C=O) groups excluding carboxylic acids is 2. The maximum atomic E-state index is 12.9. The maximum Gasteiger partial charge on any atom is 0.308 e. The SMILES string of the molecule is O=C(Nc1ccccc1C(=O)N1CCCC(C(=O)O)C1)c1ccc(Cl)cc1. The van der Waals surface area contributed by atoms with Crippen LogP contribution in [0.1, 0.15) is 33.6 Å². The van der Waals surface area contributed by atoms with E-state index in [9.17, 15) is 19.5 Å². The number of piperidine rings is 1. The number of hydrogen-bond acceptors (Lipinski definition) is 3. The Balaban J connectivity index is 1.79. The van der Waals surface area contributed by atoms with Gasteiger partial charge in [0.05, 0.1) is 17.2 Å². The van der Waals surface area contributed by atoms with Crippen molar-refractivity contribution in [3.05, 3.63) is 64.7 Å². The van der Waals surface area contributed by atoms with Crippen LogP contribution in [0.3, 0.4) is 0 Å². The first-order valence-electron chi connectivity index (χ1n) is 8.63. The number of amides is 2. The van der Waals surface area contributed by atoms with Gasteiger partial charge >= 0.3 is 5.97 Å². The molecule has 2 aromatic rings. The van der Waals surface area contributed by atoms with Crippen LogP contribution in [0.25, 0.3) is 0 Å². The highest BCUT2D eigenvalue weighted by Crippen LogP contribution is 2.23. The third-order valence-electron chi connectivity index (χ3n) is 4.57. The van der Waals surface area contributed by atoms with E-state index in [0.29, 0.717) is 41.2 Å². The minimum absolute atomic E-state index is 0.174. The lowest BCUT2D eigenvalue weighted by Gasteiger charge is -2.31. The largest absolute Gasteiger partial charge is 0.481 e. The quantitative estimate of drug-likeness (QED) is 0.841. The maximum absolute atomic E-state index is 12.9. The standard InChI is InChI=1S/C20H19ClN2O4/c21-15-9-7-13(8-10-15)18(24)22-17-6-2-1-5-16(17)19(25)23-11-3-4-14(12-23)20(26)27/h1-2,5-10,14H,3-4,11-12H2,(H,22,24)(H,26,27). The summed E-state index contributed by atoms with van der Waals surface area (Å²) < 4.78 is 0. The van der Waals surface area contributed by atoms with E-state index in [2.05, 4.69) is 5.32 Å². The van der Waals surface area contributed by atoms with Gasteiger partial charge in [0.25, 0.3) is 11.8 Å². The van der Waals surface area contributed by atoms with Gasteiger partial charge in [0.15, 0.2) is 0 Å². The lowest BCUT2D eigenvalue weighted by atomic mass is 9.97. The van der Waals surface area contributed by atoms with E-state index in [1.807, 2.05) is 0 Å². The molecular weight excluding hydrogens is 368 g/mol. The molecule has 7 heteroatoms. The Morgan fingerprint density at radius 2 is 1.78 bits per heavy atom. The van der Waals surface area contributed by atoms with Crippen LogP contribution in [0.5, 0.6) is 0 Å². The zero-order valence-electron chi connectivity index (χ0n) is 14.5. The van der Waals surface area contributed by atoms with Crippen molar-refractivity contribution in [3.63, 3.8) is 0 Å². The van der Waals surface area contributed by atoms with Crippen molar-refractivity contribution < 1.29 is 19.5 Å². The number of likely N-dealkylation sites (tertiary alicyclic amines) is 1. The van der Waals surface area contributed by atoms with Crippen LogP contribution in [0.2, 0.25) is 5.02 Å². The first-order chi connectivity index (χ1) is 13.0. The Bertz CT molecular complexity index is 867. The van der Waals surface area contributed by atoms with E-state index in [0.717, 1.165) is 0 Å². The molecule has 2 aromatic carbocycles. The second kappa shape index (κ2) is 8.22. The summed E-state index contributed by atoms with van der Waals surface area (Å²) >= 11 is 5.84. The van der Waals surface area contributed by atoms with Crippen LogP contribution in [0.15, 0.2) is 48.5 Å². The monoisotopic (exact) mass is 386 g/mol. The molecule has 2 amide bonds. The zero-order valence-corrected chi connectivity index (χ0v) is 15.3. The van der Waals surface area contributed by atoms with Crippen LogP contribution in [-0.4, -0.2) is 40.9 Å². The number of nitrogens with zero attached hydrogens (tertiary/aromatic N) is 1. The highest BCUT2D eigenvalue weighted by atomic mass is 35.5. The fourth-order valence-electron chi connectivity index (χ4n) is 3.11. The van der Waals surface area contributed by atoms with Crippen LogP contribution < -0.4 is 5.32 Å². The molecule has 6 nitrogen and oxygen atoms in total. The fraction of sp³-hybridized carbons (Fsp3) is 0.250. The molecule has 1 fully saturated rings. The third kappa shape index (κ3) is 4.46. The van der Waals surface area contributed by atoms with Crippen LogP contribution in [0.4, 0.5) is 5.69 Å². The van der Waals surface area contributed by atoms with E-state index in [1.165, 1.54) is 4.90 Å². The number of anilines is 1. The molecule has 2 N–H and O–H groups in total. The van der Waals surface area contributed by atoms with Gasteiger partial charge in [0.2, 0.25) is 0 Å². The van der Waals surface area contributed by atoms with Gasteiger partial charge in [0, 0.05) is 23.7 Å². The summed E-state index contributed by atoms with van der Waals surface area (Å²) in [5, 5.41) is 12.5. The normalized spacial score (nSPS) is 16.6. The molecule has 1 aliphatic heterocycles. The molecule has 0 saturated carbocycles. The number of carboxylic acid groups (broad SMARTS) is 1. The van der Waals surface area contributed by atoms with Crippen LogP contribution in [-0.2, 0) is 4.79 Å². The molecule has 1 aliphatic rings. The first kappa shape index (κ1) is 18.9. The van der Waals surface area contributed by atoms with Gasteiger partial charge < -0.3 is 15.3 Å². The highest BCUT2D eigenvalue weighted by molar-refractivity contribution is 6.30.